The maximum absolute atomic E-state index is 12.5. The molecule has 0 saturated heterocycles. The third kappa shape index (κ3) is 3.45. The number of carbonyl (C=O) groups excluding carboxylic acids is 1. The quantitative estimate of drug-likeness (QED) is 0.871. The summed E-state index contributed by atoms with van der Waals surface area (Å²) in [6.45, 7) is 1.37. The number of hydrogen-bond acceptors (Lipinski definition) is 5. The van der Waals surface area contributed by atoms with Crippen molar-refractivity contribution in [3.63, 3.8) is 0 Å². The average Bonchev–Trinajstić information content (AvgIpc) is 2.91. The first-order valence-corrected chi connectivity index (χ1v) is 7.13. The molecule has 0 saturated carbocycles. The lowest BCUT2D eigenvalue weighted by Gasteiger charge is -2.06. The minimum absolute atomic E-state index is 0.151. The standard InChI is InChI=1S/C14H12F3NO3S/c1-2-21-13(20)11-10(7-19)18-12(22-11)8-3-5-9(6-4-8)14(15,16)17/h3-6,19H,2,7H2,1H3. The average molecular weight is 331 g/mol. The predicted molar refractivity (Wildman–Crippen MR) is 74.4 cm³/mol. The van der Waals surface area contributed by atoms with Gasteiger partial charge in [0.05, 0.1) is 24.5 Å². The number of halogens is 3. The first-order valence-electron chi connectivity index (χ1n) is 6.32. The van der Waals surface area contributed by atoms with E-state index in [1.807, 2.05) is 0 Å². The summed E-state index contributed by atoms with van der Waals surface area (Å²) < 4.78 is 42.4. The number of aromatic nitrogens is 1. The van der Waals surface area contributed by atoms with Gasteiger partial charge >= 0.3 is 12.1 Å². The van der Waals surface area contributed by atoms with E-state index in [0.29, 0.717) is 10.6 Å². The van der Waals surface area contributed by atoms with Crippen molar-refractivity contribution in [3.05, 3.63) is 40.4 Å². The molecule has 118 valence electrons. The molecule has 0 aliphatic rings. The molecule has 0 bridgehead atoms. The number of thiazole rings is 1. The number of nitrogens with zero attached hydrogens (tertiary/aromatic N) is 1. The second kappa shape index (κ2) is 6.45. The van der Waals surface area contributed by atoms with Gasteiger partial charge in [0.15, 0.2) is 0 Å². The Morgan fingerprint density at radius 3 is 2.45 bits per heavy atom. The molecule has 0 fully saturated rings. The Balaban J connectivity index is 2.35. The fraction of sp³-hybridized carbons (Fsp3) is 0.286. The van der Waals surface area contributed by atoms with E-state index in [9.17, 15) is 23.1 Å². The number of rotatable bonds is 4. The Hall–Kier alpha value is -1.93. The zero-order chi connectivity index (χ0) is 16.3. The van der Waals surface area contributed by atoms with Crippen LogP contribution in [0.15, 0.2) is 24.3 Å². The number of aliphatic hydroxyl groups excluding tert-OH is 1. The third-order valence-electron chi connectivity index (χ3n) is 2.77. The number of aliphatic hydroxyl groups is 1. The van der Waals surface area contributed by atoms with Gasteiger partial charge in [0, 0.05) is 5.56 Å². The summed E-state index contributed by atoms with van der Waals surface area (Å²) in [5.41, 5.74) is -0.178. The van der Waals surface area contributed by atoms with Crippen LogP contribution in [-0.2, 0) is 17.5 Å². The minimum Gasteiger partial charge on any atom is -0.462 e. The highest BCUT2D eigenvalue weighted by Gasteiger charge is 2.30. The molecule has 1 aromatic heterocycles. The molecule has 1 heterocycles. The molecule has 0 radical (unpaired) electrons. The second-order valence-electron chi connectivity index (χ2n) is 4.25. The van der Waals surface area contributed by atoms with E-state index in [0.717, 1.165) is 23.5 Å². The van der Waals surface area contributed by atoms with E-state index in [-0.39, 0.29) is 17.2 Å². The Labute approximate surface area is 128 Å². The van der Waals surface area contributed by atoms with Crippen LogP contribution in [0.4, 0.5) is 13.2 Å². The van der Waals surface area contributed by atoms with Gasteiger partial charge < -0.3 is 9.84 Å². The van der Waals surface area contributed by atoms with Gasteiger partial charge in [-0.3, -0.25) is 0 Å². The number of alkyl halides is 3. The molecule has 8 heteroatoms. The number of esters is 1. The Kier molecular flexibility index (Phi) is 4.82. The van der Waals surface area contributed by atoms with Crippen molar-refractivity contribution in [2.45, 2.75) is 19.7 Å². The maximum atomic E-state index is 12.5. The molecule has 2 aromatic rings. The van der Waals surface area contributed by atoms with Gasteiger partial charge in [-0.1, -0.05) is 12.1 Å². The van der Waals surface area contributed by atoms with Crippen molar-refractivity contribution >= 4 is 17.3 Å². The molecule has 22 heavy (non-hydrogen) atoms. The van der Waals surface area contributed by atoms with Crippen LogP contribution >= 0.6 is 11.3 Å². The summed E-state index contributed by atoms with van der Waals surface area (Å²) in [5, 5.41) is 9.58. The van der Waals surface area contributed by atoms with Crippen molar-refractivity contribution in [1.29, 1.82) is 0 Å². The van der Waals surface area contributed by atoms with Gasteiger partial charge in [-0.05, 0) is 19.1 Å². The van der Waals surface area contributed by atoms with Crippen molar-refractivity contribution in [2.75, 3.05) is 6.61 Å². The first kappa shape index (κ1) is 16.4. The maximum Gasteiger partial charge on any atom is 0.416 e. The number of ether oxygens (including phenoxy) is 1. The van der Waals surface area contributed by atoms with Crippen LogP contribution in [-0.4, -0.2) is 22.7 Å². The lowest BCUT2D eigenvalue weighted by molar-refractivity contribution is -0.137. The summed E-state index contributed by atoms with van der Waals surface area (Å²) in [5.74, 6) is -0.609. The fourth-order valence-corrected chi connectivity index (χ4v) is 2.71. The summed E-state index contributed by atoms with van der Waals surface area (Å²) in [4.78, 5) is 16.0. The molecule has 4 nitrogen and oxygen atoms in total. The second-order valence-corrected chi connectivity index (χ2v) is 5.25. The van der Waals surface area contributed by atoms with Crippen molar-refractivity contribution in [2.24, 2.45) is 0 Å². The summed E-state index contributed by atoms with van der Waals surface area (Å²) in [6.07, 6.45) is -4.41. The molecular formula is C14H12F3NO3S. The van der Waals surface area contributed by atoms with Crippen LogP contribution in [0.2, 0.25) is 0 Å². The Bertz CT molecular complexity index is 665. The van der Waals surface area contributed by atoms with Crippen molar-refractivity contribution in [3.8, 4) is 10.6 Å². The van der Waals surface area contributed by atoms with Crippen LogP contribution in [0.1, 0.15) is 27.9 Å². The lowest BCUT2D eigenvalue weighted by atomic mass is 10.1. The van der Waals surface area contributed by atoms with Crippen LogP contribution < -0.4 is 0 Å². The van der Waals surface area contributed by atoms with Gasteiger partial charge in [-0.15, -0.1) is 11.3 Å². The molecule has 0 aliphatic carbocycles. The van der Waals surface area contributed by atoms with E-state index in [1.54, 1.807) is 6.92 Å². The third-order valence-corrected chi connectivity index (χ3v) is 3.89. The molecule has 0 atom stereocenters. The van der Waals surface area contributed by atoms with E-state index < -0.39 is 24.3 Å². The summed E-state index contributed by atoms with van der Waals surface area (Å²) in [7, 11) is 0. The molecule has 1 aromatic carbocycles. The zero-order valence-corrected chi connectivity index (χ0v) is 12.3. The predicted octanol–water partition coefficient (Wildman–Crippen LogP) is 3.50. The highest BCUT2D eigenvalue weighted by Crippen LogP contribution is 2.33. The van der Waals surface area contributed by atoms with Gasteiger partial charge in [0.2, 0.25) is 0 Å². The highest BCUT2D eigenvalue weighted by molar-refractivity contribution is 7.17. The van der Waals surface area contributed by atoms with Gasteiger partial charge in [0.25, 0.3) is 0 Å². The van der Waals surface area contributed by atoms with E-state index >= 15 is 0 Å². The highest BCUT2D eigenvalue weighted by atomic mass is 32.1. The van der Waals surface area contributed by atoms with Crippen molar-refractivity contribution < 1.29 is 27.8 Å². The Morgan fingerprint density at radius 2 is 1.95 bits per heavy atom. The SMILES string of the molecule is CCOC(=O)c1sc(-c2ccc(C(F)(F)F)cc2)nc1CO. The number of hydrogen-bond donors (Lipinski definition) is 1. The molecule has 0 aliphatic heterocycles. The smallest absolute Gasteiger partial charge is 0.416 e. The molecule has 0 spiro atoms. The summed E-state index contributed by atoms with van der Waals surface area (Å²) >= 11 is 0.972. The molecule has 0 unspecified atom stereocenters. The van der Waals surface area contributed by atoms with Crippen LogP contribution in [0.3, 0.4) is 0 Å². The van der Waals surface area contributed by atoms with Gasteiger partial charge in [-0.2, -0.15) is 13.2 Å². The monoisotopic (exact) mass is 331 g/mol. The molecular weight excluding hydrogens is 319 g/mol. The van der Waals surface area contributed by atoms with E-state index in [4.69, 9.17) is 4.74 Å². The topological polar surface area (TPSA) is 59.4 Å². The number of benzene rings is 1. The van der Waals surface area contributed by atoms with Crippen LogP contribution in [0.25, 0.3) is 10.6 Å². The molecule has 2 rings (SSSR count). The lowest BCUT2D eigenvalue weighted by Crippen LogP contribution is -2.05. The van der Waals surface area contributed by atoms with Gasteiger partial charge in [0.1, 0.15) is 9.88 Å². The van der Waals surface area contributed by atoms with Crippen LogP contribution in [0.5, 0.6) is 0 Å². The summed E-state index contributed by atoms with van der Waals surface area (Å²) in [6, 6.07) is 4.44. The normalized spacial score (nSPS) is 11.5. The number of carbonyl (C=O) groups is 1. The molecule has 0 amide bonds. The molecule has 1 N–H and O–H groups in total. The van der Waals surface area contributed by atoms with E-state index in [1.165, 1.54) is 12.1 Å². The first-order chi connectivity index (χ1) is 10.4. The van der Waals surface area contributed by atoms with Crippen LogP contribution in [0, 0.1) is 0 Å². The largest absolute Gasteiger partial charge is 0.462 e. The zero-order valence-electron chi connectivity index (χ0n) is 11.5. The Morgan fingerprint density at radius 1 is 1.32 bits per heavy atom. The minimum atomic E-state index is -4.41. The fourth-order valence-electron chi connectivity index (χ4n) is 1.74. The van der Waals surface area contributed by atoms with Crippen molar-refractivity contribution in [1.82, 2.24) is 4.98 Å². The van der Waals surface area contributed by atoms with E-state index in [2.05, 4.69) is 4.98 Å². The van der Waals surface area contributed by atoms with Gasteiger partial charge in [-0.25, -0.2) is 9.78 Å².